The van der Waals surface area contributed by atoms with E-state index in [0.29, 0.717) is 40.7 Å². The average molecular weight is 434 g/mol. The molecule has 2 aromatic carbocycles. The Kier molecular flexibility index (Phi) is 6.63. The molecular formula is C22H21Cl2NO4. The van der Waals surface area contributed by atoms with Gasteiger partial charge in [-0.1, -0.05) is 59.1 Å². The summed E-state index contributed by atoms with van der Waals surface area (Å²) in [7, 11) is 1.57. The third-order valence-electron chi connectivity index (χ3n) is 4.87. The third kappa shape index (κ3) is 4.32. The molecule has 2 aromatic rings. The number of carbonyl (C=O) groups excluding carboxylic acids is 2. The number of aliphatic hydroxyl groups is 1. The van der Waals surface area contributed by atoms with Crippen LogP contribution in [0.1, 0.15) is 29.2 Å². The highest BCUT2D eigenvalue weighted by atomic mass is 35.5. The molecule has 5 nitrogen and oxygen atoms in total. The summed E-state index contributed by atoms with van der Waals surface area (Å²) in [6.07, 6.45) is 0.548. The van der Waals surface area contributed by atoms with Crippen molar-refractivity contribution in [1.82, 2.24) is 4.90 Å². The first-order valence-electron chi connectivity index (χ1n) is 9.14. The number of halogens is 2. The van der Waals surface area contributed by atoms with Crippen molar-refractivity contribution in [3.05, 3.63) is 74.8 Å². The van der Waals surface area contributed by atoms with E-state index in [0.717, 1.165) is 5.56 Å². The fourth-order valence-corrected chi connectivity index (χ4v) is 3.69. The number of likely N-dealkylation sites (tertiary alicyclic amines) is 1. The van der Waals surface area contributed by atoms with Gasteiger partial charge in [0.05, 0.1) is 21.7 Å². The molecule has 1 heterocycles. The average Bonchev–Trinajstić information content (AvgIpc) is 2.95. The summed E-state index contributed by atoms with van der Waals surface area (Å²) in [4.78, 5) is 27.1. The van der Waals surface area contributed by atoms with E-state index in [4.69, 9.17) is 27.9 Å². The van der Waals surface area contributed by atoms with Gasteiger partial charge in [0, 0.05) is 25.8 Å². The molecular weight excluding hydrogens is 413 g/mol. The molecule has 0 saturated carbocycles. The van der Waals surface area contributed by atoms with Crippen LogP contribution in [0.3, 0.4) is 0 Å². The Balaban J connectivity index is 2.14. The summed E-state index contributed by atoms with van der Waals surface area (Å²) in [6.45, 7) is 2.66. The lowest BCUT2D eigenvalue weighted by Gasteiger charge is -2.25. The van der Waals surface area contributed by atoms with Gasteiger partial charge in [0.25, 0.3) is 11.7 Å². The minimum absolute atomic E-state index is 0.0367. The van der Waals surface area contributed by atoms with Crippen molar-refractivity contribution < 1.29 is 19.4 Å². The normalized spacial score (nSPS) is 18.5. The van der Waals surface area contributed by atoms with Gasteiger partial charge in [0.15, 0.2) is 0 Å². The van der Waals surface area contributed by atoms with Gasteiger partial charge < -0.3 is 14.7 Å². The van der Waals surface area contributed by atoms with Crippen LogP contribution in [0.25, 0.3) is 5.76 Å². The predicted octanol–water partition coefficient (Wildman–Crippen LogP) is 4.76. The maximum atomic E-state index is 12.9. The van der Waals surface area contributed by atoms with Gasteiger partial charge in [-0.05, 0) is 31.0 Å². The molecule has 0 bridgehead atoms. The lowest BCUT2D eigenvalue weighted by atomic mass is 9.95. The van der Waals surface area contributed by atoms with Crippen LogP contribution < -0.4 is 0 Å². The van der Waals surface area contributed by atoms with E-state index in [2.05, 4.69) is 0 Å². The second kappa shape index (κ2) is 8.99. The molecule has 1 fully saturated rings. The molecule has 7 heteroatoms. The summed E-state index contributed by atoms with van der Waals surface area (Å²) < 4.78 is 5.07. The molecule has 1 N–H and O–H groups in total. The lowest BCUT2D eigenvalue weighted by molar-refractivity contribution is -0.140. The highest BCUT2D eigenvalue weighted by molar-refractivity contribution is 6.46. The second-order valence-electron chi connectivity index (χ2n) is 6.88. The molecule has 1 saturated heterocycles. The molecule has 1 amide bonds. The van der Waals surface area contributed by atoms with Crippen LogP contribution in [0.4, 0.5) is 0 Å². The van der Waals surface area contributed by atoms with E-state index < -0.39 is 17.7 Å². The van der Waals surface area contributed by atoms with Crippen LogP contribution in [-0.4, -0.2) is 42.0 Å². The Morgan fingerprint density at radius 1 is 1.10 bits per heavy atom. The van der Waals surface area contributed by atoms with Crippen molar-refractivity contribution in [3.8, 4) is 0 Å². The predicted molar refractivity (Wildman–Crippen MR) is 113 cm³/mol. The third-order valence-corrected chi connectivity index (χ3v) is 5.61. The monoisotopic (exact) mass is 433 g/mol. The van der Waals surface area contributed by atoms with Crippen molar-refractivity contribution >= 4 is 40.7 Å². The maximum Gasteiger partial charge on any atom is 0.295 e. The lowest BCUT2D eigenvalue weighted by Crippen LogP contribution is -2.31. The summed E-state index contributed by atoms with van der Waals surface area (Å²) in [5, 5.41) is 11.6. The van der Waals surface area contributed by atoms with E-state index in [1.54, 1.807) is 37.4 Å². The molecule has 0 spiro atoms. The smallest absolute Gasteiger partial charge is 0.295 e. The fraction of sp³-hybridized carbons (Fsp3) is 0.273. The molecule has 152 valence electrons. The number of aliphatic hydroxyl groups excluding tert-OH is 1. The first kappa shape index (κ1) is 21.4. The number of hydrogen-bond acceptors (Lipinski definition) is 4. The number of carbonyl (C=O) groups is 2. The van der Waals surface area contributed by atoms with Crippen LogP contribution in [0, 0.1) is 6.92 Å². The maximum absolute atomic E-state index is 12.9. The standard InChI is InChI=1S/C22H21Cl2NO4/c1-13-4-6-14(7-5-13)20(26)18-19(15-8-9-16(23)17(24)12-15)25(10-3-11-29-2)22(28)21(18)27/h4-9,12,19,26H,3,10-11H2,1-2H3/t19-/m0/s1. The summed E-state index contributed by atoms with van der Waals surface area (Å²) in [5.74, 6) is -1.60. The van der Waals surface area contributed by atoms with Gasteiger partial charge in [-0.3, -0.25) is 9.59 Å². The quantitative estimate of drug-likeness (QED) is 0.308. The van der Waals surface area contributed by atoms with Crippen LogP contribution in [0.15, 0.2) is 48.0 Å². The zero-order chi connectivity index (χ0) is 21.1. The van der Waals surface area contributed by atoms with Crippen molar-refractivity contribution in [3.63, 3.8) is 0 Å². The molecule has 0 aromatic heterocycles. The first-order valence-corrected chi connectivity index (χ1v) is 9.90. The van der Waals surface area contributed by atoms with Crippen molar-refractivity contribution in [2.45, 2.75) is 19.4 Å². The number of benzene rings is 2. The Morgan fingerprint density at radius 2 is 1.79 bits per heavy atom. The molecule has 29 heavy (non-hydrogen) atoms. The zero-order valence-corrected chi connectivity index (χ0v) is 17.6. The van der Waals surface area contributed by atoms with Crippen LogP contribution in [-0.2, 0) is 14.3 Å². The molecule has 0 unspecified atom stereocenters. The Hall–Kier alpha value is -2.34. The zero-order valence-electron chi connectivity index (χ0n) is 16.1. The summed E-state index contributed by atoms with van der Waals surface area (Å²) in [5.41, 5.74) is 2.12. The number of nitrogens with zero attached hydrogens (tertiary/aromatic N) is 1. The Bertz CT molecular complexity index is 969. The Labute approximate surface area is 179 Å². The van der Waals surface area contributed by atoms with Gasteiger partial charge in [0.1, 0.15) is 5.76 Å². The van der Waals surface area contributed by atoms with Crippen molar-refractivity contribution in [1.29, 1.82) is 0 Å². The van der Waals surface area contributed by atoms with Crippen molar-refractivity contribution in [2.24, 2.45) is 0 Å². The van der Waals surface area contributed by atoms with Crippen LogP contribution in [0.5, 0.6) is 0 Å². The molecule has 1 aliphatic rings. The van der Waals surface area contributed by atoms with Crippen molar-refractivity contribution in [2.75, 3.05) is 20.3 Å². The number of rotatable bonds is 6. The van der Waals surface area contributed by atoms with E-state index >= 15 is 0 Å². The van der Waals surface area contributed by atoms with Gasteiger partial charge in [-0.25, -0.2) is 0 Å². The fourth-order valence-electron chi connectivity index (χ4n) is 3.39. The van der Waals surface area contributed by atoms with Crippen LogP contribution >= 0.6 is 23.2 Å². The number of amides is 1. The van der Waals surface area contributed by atoms with Gasteiger partial charge in [-0.2, -0.15) is 0 Å². The number of ketones is 1. The summed E-state index contributed by atoms with van der Waals surface area (Å²) >= 11 is 12.2. The number of Topliss-reactive ketones (excluding diaryl/α,β-unsaturated/α-hetero) is 1. The number of methoxy groups -OCH3 is 1. The minimum atomic E-state index is -0.761. The van der Waals surface area contributed by atoms with Gasteiger partial charge in [-0.15, -0.1) is 0 Å². The van der Waals surface area contributed by atoms with E-state index in [-0.39, 0.29) is 11.3 Å². The van der Waals surface area contributed by atoms with E-state index in [1.807, 2.05) is 19.1 Å². The molecule has 0 aliphatic carbocycles. The van der Waals surface area contributed by atoms with Crippen LogP contribution in [0.2, 0.25) is 10.0 Å². The topological polar surface area (TPSA) is 66.8 Å². The highest BCUT2D eigenvalue weighted by Gasteiger charge is 2.45. The molecule has 1 atom stereocenters. The number of aryl methyl sites for hydroxylation is 1. The van der Waals surface area contributed by atoms with E-state index in [1.165, 1.54) is 4.90 Å². The van der Waals surface area contributed by atoms with E-state index in [9.17, 15) is 14.7 Å². The molecule has 1 aliphatic heterocycles. The largest absolute Gasteiger partial charge is 0.507 e. The minimum Gasteiger partial charge on any atom is -0.507 e. The number of ether oxygens (including phenoxy) is 1. The SMILES string of the molecule is COCCCN1C(=O)C(=O)C(=C(O)c2ccc(C)cc2)[C@@H]1c1ccc(Cl)c(Cl)c1. The summed E-state index contributed by atoms with van der Waals surface area (Å²) in [6, 6.07) is 11.3. The molecule has 0 radical (unpaired) electrons. The Morgan fingerprint density at radius 3 is 2.41 bits per heavy atom. The van der Waals surface area contributed by atoms with Gasteiger partial charge in [0.2, 0.25) is 0 Å². The second-order valence-corrected chi connectivity index (χ2v) is 7.69. The van der Waals surface area contributed by atoms with Gasteiger partial charge >= 0.3 is 0 Å². The first-order chi connectivity index (χ1) is 13.8. The highest BCUT2D eigenvalue weighted by Crippen LogP contribution is 2.41. The number of hydrogen-bond donors (Lipinski definition) is 1. The molecule has 3 rings (SSSR count).